The molecule has 6 nitrogen and oxygen atoms in total. The van der Waals surface area contributed by atoms with E-state index in [2.05, 4.69) is 0 Å². The van der Waals surface area contributed by atoms with Crippen LogP contribution in [0.2, 0.25) is 0 Å². The van der Waals surface area contributed by atoms with Gasteiger partial charge < -0.3 is 19.0 Å². The first-order chi connectivity index (χ1) is 12.5. The molecule has 0 radical (unpaired) electrons. The van der Waals surface area contributed by atoms with Gasteiger partial charge >= 0.3 is 0 Å². The van der Waals surface area contributed by atoms with Crippen molar-refractivity contribution in [3.63, 3.8) is 0 Å². The van der Waals surface area contributed by atoms with Gasteiger partial charge in [0.15, 0.2) is 0 Å². The standard InChI is InChI=1S/C20H24N2O4/c1-4-25-18-9-6-5-8-16(18)22-13-15(12-19(22)23)20(24)21(3)14(2)17-10-7-11-26-17/h5-11,14-15H,4,12-13H2,1-3H3. The van der Waals surface area contributed by atoms with Crippen LogP contribution in [0.25, 0.3) is 0 Å². The largest absolute Gasteiger partial charge is 0.492 e. The van der Waals surface area contributed by atoms with Crippen molar-refractivity contribution in [1.29, 1.82) is 0 Å². The number of amides is 2. The Bertz CT molecular complexity index is 772. The highest BCUT2D eigenvalue weighted by Crippen LogP contribution is 2.34. The van der Waals surface area contributed by atoms with Crippen LogP contribution < -0.4 is 9.64 Å². The number of carbonyl (C=O) groups excluding carboxylic acids is 2. The zero-order valence-corrected chi connectivity index (χ0v) is 15.3. The fourth-order valence-electron chi connectivity index (χ4n) is 3.26. The van der Waals surface area contributed by atoms with Gasteiger partial charge in [-0.05, 0) is 38.1 Å². The van der Waals surface area contributed by atoms with Crippen molar-refractivity contribution < 1.29 is 18.7 Å². The van der Waals surface area contributed by atoms with Crippen LogP contribution in [0.4, 0.5) is 5.69 Å². The van der Waals surface area contributed by atoms with Crippen LogP contribution >= 0.6 is 0 Å². The van der Waals surface area contributed by atoms with Crippen molar-refractivity contribution >= 4 is 17.5 Å². The Balaban J connectivity index is 1.74. The average Bonchev–Trinajstić information content (AvgIpc) is 3.30. The van der Waals surface area contributed by atoms with Crippen molar-refractivity contribution in [3.8, 4) is 5.75 Å². The lowest BCUT2D eigenvalue weighted by molar-refractivity contribution is -0.136. The van der Waals surface area contributed by atoms with Gasteiger partial charge in [-0.2, -0.15) is 0 Å². The lowest BCUT2D eigenvalue weighted by Crippen LogP contribution is -2.36. The van der Waals surface area contributed by atoms with Crippen LogP contribution in [0, 0.1) is 5.92 Å². The maximum Gasteiger partial charge on any atom is 0.228 e. The Morgan fingerprint density at radius 2 is 2.12 bits per heavy atom. The van der Waals surface area contributed by atoms with Crippen molar-refractivity contribution in [2.45, 2.75) is 26.3 Å². The number of carbonyl (C=O) groups is 2. The van der Waals surface area contributed by atoms with Crippen LogP contribution in [-0.2, 0) is 9.59 Å². The number of anilines is 1. The fourth-order valence-corrected chi connectivity index (χ4v) is 3.26. The topological polar surface area (TPSA) is 63.0 Å². The number of benzene rings is 1. The van der Waals surface area contributed by atoms with E-state index >= 15 is 0 Å². The summed E-state index contributed by atoms with van der Waals surface area (Å²) in [6.07, 6.45) is 1.80. The SMILES string of the molecule is CCOc1ccccc1N1CC(C(=O)N(C)C(C)c2ccco2)CC1=O. The fraction of sp³-hybridized carbons (Fsp3) is 0.400. The summed E-state index contributed by atoms with van der Waals surface area (Å²) in [5.74, 6) is 0.894. The summed E-state index contributed by atoms with van der Waals surface area (Å²) >= 11 is 0. The van der Waals surface area contributed by atoms with Crippen LogP contribution in [-0.4, -0.2) is 36.9 Å². The lowest BCUT2D eigenvalue weighted by atomic mass is 10.1. The van der Waals surface area contributed by atoms with Gasteiger partial charge in [-0.25, -0.2) is 0 Å². The molecule has 1 aromatic heterocycles. The number of para-hydroxylation sites is 2. The van der Waals surface area contributed by atoms with Gasteiger partial charge in [-0.3, -0.25) is 9.59 Å². The molecule has 1 saturated heterocycles. The maximum atomic E-state index is 12.9. The third-order valence-corrected chi connectivity index (χ3v) is 4.81. The molecule has 2 amide bonds. The van der Waals surface area contributed by atoms with E-state index in [-0.39, 0.29) is 30.2 Å². The zero-order valence-electron chi connectivity index (χ0n) is 15.3. The van der Waals surface area contributed by atoms with E-state index in [1.165, 1.54) is 0 Å². The van der Waals surface area contributed by atoms with Crippen molar-refractivity contribution in [1.82, 2.24) is 4.90 Å². The van der Waals surface area contributed by atoms with E-state index in [1.54, 1.807) is 29.2 Å². The minimum atomic E-state index is -0.375. The molecule has 2 heterocycles. The molecule has 0 aliphatic carbocycles. The normalized spacial score (nSPS) is 18.0. The van der Waals surface area contributed by atoms with E-state index in [9.17, 15) is 9.59 Å². The van der Waals surface area contributed by atoms with Crippen molar-refractivity contribution in [2.75, 3.05) is 25.1 Å². The molecule has 1 aliphatic heterocycles. The second-order valence-electron chi connectivity index (χ2n) is 6.45. The monoisotopic (exact) mass is 356 g/mol. The lowest BCUT2D eigenvalue weighted by Gasteiger charge is -2.26. The Morgan fingerprint density at radius 3 is 2.81 bits per heavy atom. The Labute approximate surface area is 153 Å². The molecular weight excluding hydrogens is 332 g/mol. The van der Waals surface area contributed by atoms with Gasteiger partial charge in [0.25, 0.3) is 0 Å². The molecular formula is C20H24N2O4. The molecule has 1 aromatic carbocycles. The number of hydrogen-bond acceptors (Lipinski definition) is 4. The summed E-state index contributed by atoms with van der Waals surface area (Å²) in [6, 6.07) is 10.9. The first kappa shape index (κ1) is 18.0. The molecule has 0 N–H and O–H groups in total. The third kappa shape index (κ3) is 3.45. The molecule has 0 bridgehead atoms. The second kappa shape index (κ2) is 7.64. The van der Waals surface area contributed by atoms with E-state index in [1.807, 2.05) is 44.2 Å². The number of furan rings is 1. The summed E-state index contributed by atoms with van der Waals surface area (Å²) in [4.78, 5) is 28.7. The van der Waals surface area contributed by atoms with Crippen LogP contribution in [0.1, 0.15) is 32.1 Å². The molecule has 1 fully saturated rings. The van der Waals surface area contributed by atoms with E-state index in [4.69, 9.17) is 9.15 Å². The Hall–Kier alpha value is -2.76. The number of hydrogen-bond donors (Lipinski definition) is 0. The van der Waals surface area contributed by atoms with Crippen LogP contribution in [0.3, 0.4) is 0 Å². The van der Waals surface area contributed by atoms with E-state index < -0.39 is 0 Å². The summed E-state index contributed by atoms with van der Waals surface area (Å²) in [5, 5.41) is 0. The average molecular weight is 356 g/mol. The van der Waals surface area contributed by atoms with Crippen molar-refractivity contribution in [2.24, 2.45) is 5.92 Å². The molecule has 0 saturated carbocycles. The highest BCUT2D eigenvalue weighted by Gasteiger charge is 2.38. The van der Waals surface area contributed by atoms with Crippen LogP contribution in [0.5, 0.6) is 5.75 Å². The predicted octanol–water partition coefficient (Wildman–Crippen LogP) is 3.25. The Morgan fingerprint density at radius 1 is 1.35 bits per heavy atom. The molecule has 6 heteroatoms. The summed E-state index contributed by atoms with van der Waals surface area (Å²) < 4.78 is 11.0. The van der Waals surface area contributed by atoms with Gasteiger partial charge in [0, 0.05) is 20.0 Å². The molecule has 0 spiro atoms. The molecule has 26 heavy (non-hydrogen) atoms. The minimum absolute atomic E-state index is 0.0568. The Kier molecular flexibility index (Phi) is 5.30. The van der Waals surface area contributed by atoms with Gasteiger partial charge in [0.05, 0.1) is 30.5 Å². The number of ether oxygens (including phenoxy) is 1. The maximum absolute atomic E-state index is 12.9. The summed E-state index contributed by atoms with van der Waals surface area (Å²) in [7, 11) is 1.75. The molecule has 2 aromatic rings. The highest BCUT2D eigenvalue weighted by atomic mass is 16.5. The van der Waals surface area contributed by atoms with Gasteiger partial charge in [0.2, 0.25) is 11.8 Å². The quantitative estimate of drug-likeness (QED) is 0.797. The zero-order chi connectivity index (χ0) is 18.7. The number of rotatable bonds is 6. The molecule has 2 unspecified atom stereocenters. The van der Waals surface area contributed by atoms with Gasteiger partial charge in [-0.15, -0.1) is 0 Å². The minimum Gasteiger partial charge on any atom is -0.492 e. The summed E-state index contributed by atoms with van der Waals surface area (Å²) in [6.45, 7) is 4.69. The predicted molar refractivity (Wildman–Crippen MR) is 98.0 cm³/mol. The van der Waals surface area contributed by atoms with Gasteiger partial charge in [-0.1, -0.05) is 12.1 Å². The first-order valence-corrected chi connectivity index (χ1v) is 8.85. The summed E-state index contributed by atoms with van der Waals surface area (Å²) in [5.41, 5.74) is 0.719. The third-order valence-electron chi connectivity index (χ3n) is 4.81. The van der Waals surface area contributed by atoms with E-state index in [0.717, 1.165) is 11.4 Å². The smallest absolute Gasteiger partial charge is 0.228 e. The first-order valence-electron chi connectivity index (χ1n) is 8.85. The molecule has 3 rings (SSSR count). The number of nitrogens with zero attached hydrogens (tertiary/aromatic N) is 2. The van der Waals surface area contributed by atoms with Crippen LogP contribution in [0.15, 0.2) is 47.1 Å². The van der Waals surface area contributed by atoms with E-state index in [0.29, 0.717) is 18.9 Å². The highest BCUT2D eigenvalue weighted by molar-refractivity contribution is 6.01. The second-order valence-corrected chi connectivity index (χ2v) is 6.45. The molecule has 138 valence electrons. The molecule has 2 atom stereocenters. The van der Waals surface area contributed by atoms with Crippen molar-refractivity contribution in [3.05, 3.63) is 48.4 Å². The molecule has 1 aliphatic rings. The van der Waals surface area contributed by atoms with Gasteiger partial charge in [0.1, 0.15) is 11.5 Å².